The number of halogens is 1. The smallest absolute Gasteiger partial charge is 0.317 e. The molecule has 2 aliphatic rings. The predicted molar refractivity (Wildman–Crippen MR) is 121 cm³/mol. The third-order valence-corrected chi connectivity index (χ3v) is 6.45. The van der Waals surface area contributed by atoms with E-state index in [1.165, 1.54) is 0 Å². The lowest BCUT2D eigenvalue weighted by Crippen LogP contribution is -2.50. The van der Waals surface area contributed by atoms with E-state index in [0.717, 1.165) is 41.7 Å². The molecule has 7 nitrogen and oxygen atoms in total. The van der Waals surface area contributed by atoms with Gasteiger partial charge >= 0.3 is 6.03 Å². The molecule has 2 aromatic carbocycles. The molecule has 166 valence electrons. The second kappa shape index (κ2) is 7.94. The van der Waals surface area contributed by atoms with Gasteiger partial charge in [0.15, 0.2) is 0 Å². The number of hydrogen-bond donors (Lipinski definition) is 3. The van der Waals surface area contributed by atoms with E-state index in [0.29, 0.717) is 18.8 Å². The maximum atomic E-state index is 15.9. The number of piperazine rings is 1. The van der Waals surface area contributed by atoms with Crippen LogP contribution in [0.25, 0.3) is 10.9 Å². The number of fused-ring (bicyclic) bond motifs is 2. The first-order valence-electron chi connectivity index (χ1n) is 10.9. The summed E-state index contributed by atoms with van der Waals surface area (Å²) in [5, 5.41) is 6.24. The molecule has 1 saturated heterocycles. The molecule has 1 aromatic heterocycles. The standard InChI is InChI=1S/C24H26FN5O2/c1-26-23(32)30-10-8-29(9-11-30)15-16-6-7-17-13-21(27-20(17)12-16)24(25)14-18-4-2-3-5-19(18)28-22(24)31/h2-7,12-13,27H,8-11,14-15H2,1H3,(H,26,32)(H,28,31). The second-order valence-electron chi connectivity index (χ2n) is 8.51. The number of amides is 3. The summed E-state index contributed by atoms with van der Waals surface area (Å²) in [5.41, 5.74) is 1.50. The SMILES string of the molecule is CNC(=O)N1CCN(Cc2ccc3cc(C4(F)Cc5ccccc5NC4=O)[nH]c3c2)CC1. The van der Waals surface area contributed by atoms with Gasteiger partial charge in [0.05, 0.1) is 5.69 Å². The zero-order valence-corrected chi connectivity index (χ0v) is 18.0. The summed E-state index contributed by atoms with van der Waals surface area (Å²) in [5.74, 6) is -0.642. The van der Waals surface area contributed by atoms with E-state index in [4.69, 9.17) is 0 Å². The van der Waals surface area contributed by atoms with Gasteiger partial charge in [-0.15, -0.1) is 0 Å². The zero-order valence-electron chi connectivity index (χ0n) is 18.0. The summed E-state index contributed by atoms with van der Waals surface area (Å²) in [4.78, 5) is 31.7. The Balaban J connectivity index is 1.34. The van der Waals surface area contributed by atoms with Crippen LogP contribution in [0.2, 0.25) is 0 Å². The number of carbonyl (C=O) groups excluding carboxylic acids is 2. The molecular formula is C24H26FN5O2. The summed E-state index contributed by atoms with van der Waals surface area (Å²) in [6, 6.07) is 15.0. The van der Waals surface area contributed by atoms with Crippen molar-refractivity contribution in [3.8, 4) is 0 Å². The largest absolute Gasteiger partial charge is 0.355 e. The monoisotopic (exact) mass is 435 g/mol. The molecule has 8 heteroatoms. The molecule has 3 amide bonds. The fourth-order valence-corrected chi connectivity index (χ4v) is 4.59. The lowest BCUT2D eigenvalue weighted by molar-refractivity contribution is -0.128. The van der Waals surface area contributed by atoms with Gasteiger partial charge in [-0.1, -0.05) is 30.3 Å². The van der Waals surface area contributed by atoms with E-state index < -0.39 is 11.6 Å². The molecule has 1 unspecified atom stereocenters. The summed E-state index contributed by atoms with van der Waals surface area (Å²) in [6.07, 6.45) is 0.00427. The van der Waals surface area contributed by atoms with Crippen molar-refractivity contribution >= 4 is 28.5 Å². The highest BCUT2D eigenvalue weighted by Crippen LogP contribution is 2.38. The van der Waals surface area contributed by atoms with Crippen molar-refractivity contribution in [2.45, 2.75) is 18.6 Å². The lowest BCUT2D eigenvalue weighted by atomic mass is 9.88. The molecule has 3 heterocycles. The van der Waals surface area contributed by atoms with Crippen molar-refractivity contribution in [2.75, 3.05) is 38.5 Å². The number of aromatic nitrogens is 1. The van der Waals surface area contributed by atoms with E-state index in [1.807, 2.05) is 41.3 Å². The van der Waals surface area contributed by atoms with Gasteiger partial charge in [0.25, 0.3) is 5.91 Å². The Hall–Kier alpha value is -3.39. The first-order chi connectivity index (χ1) is 15.5. The van der Waals surface area contributed by atoms with Crippen molar-refractivity contribution in [2.24, 2.45) is 0 Å². The molecule has 1 atom stereocenters. The number of carbonyl (C=O) groups is 2. The van der Waals surface area contributed by atoms with Gasteiger partial charge in [0.1, 0.15) is 0 Å². The van der Waals surface area contributed by atoms with Crippen molar-refractivity contribution in [3.63, 3.8) is 0 Å². The number of hydrogen-bond acceptors (Lipinski definition) is 3. The molecule has 0 saturated carbocycles. The Morgan fingerprint density at radius 1 is 1.12 bits per heavy atom. The molecule has 0 spiro atoms. The highest BCUT2D eigenvalue weighted by atomic mass is 19.1. The molecule has 32 heavy (non-hydrogen) atoms. The van der Waals surface area contributed by atoms with E-state index in [-0.39, 0.29) is 18.1 Å². The third kappa shape index (κ3) is 3.60. The van der Waals surface area contributed by atoms with E-state index >= 15 is 4.39 Å². The van der Waals surface area contributed by atoms with Crippen LogP contribution in [0.1, 0.15) is 16.8 Å². The Labute approximate surface area is 185 Å². The van der Waals surface area contributed by atoms with Gasteiger partial charge in [0.2, 0.25) is 5.67 Å². The first kappa shape index (κ1) is 20.5. The van der Waals surface area contributed by atoms with Crippen LogP contribution in [0.3, 0.4) is 0 Å². The molecule has 2 aliphatic heterocycles. The molecule has 3 N–H and O–H groups in total. The fourth-order valence-electron chi connectivity index (χ4n) is 4.59. The number of aromatic amines is 1. The lowest BCUT2D eigenvalue weighted by Gasteiger charge is -2.34. The van der Waals surface area contributed by atoms with Crippen LogP contribution in [-0.4, -0.2) is 59.9 Å². The van der Waals surface area contributed by atoms with Crippen LogP contribution in [0.15, 0.2) is 48.5 Å². The van der Waals surface area contributed by atoms with Gasteiger partial charge < -0.3 is 20.5 Å². The molecule has 0 aliphatic carbocycles. The summed E-state index contributed by atoms with van der Waals surface area (Å²) < 4.78 is 15.9. The van der Waals surface area contributed by atoms with E-state index in [1.54, 1.807) is 19.2 Å². The minimum atomic E-state index is -2.14. The van der Waals surface area contributed by atoms with Gasteiger partial charge in [-0.05, 0) is 34.7 Å². The molecule has 3 aromatic rings. The summed E-state index contributed by atoms with van der Waals surface area (Å²) in [6.45, 7) is 3.73. The van der Waals surface area contributed by atoms with E-state index in [9.17, 15) is 9.59 Å². The highest BCUT2D eigenvalue weighted by Gasteiger charge is 2.45. The topological polar surface area (TPSA) is 80.5 Å². The molecule has 1 fully saturated rings. The molecule has 0 radical (unpaired) electrons. The number of urea groups is 1. The molecule has 5 rings (SSSR count). The zero-order chi connectivity index (χ0) is 22.3. The first-order valence-corrected chi connectivity index (χ1v) is 10.9. The fraction of sp³-hybridized carbons (Fsp3) is 0.333. The van der Waals surface area contributed by atoms with Crippen LogP contribution in [0, 0.1) is 0 Å². The highest BCUT2D eigenvalue weighted by molar-refractivity contribution is 6.01. The number of benzene rings is 2. The maximum Gasteiger partial charge on any atom is 0.317 e. The number of nitrogens with one attached hydrogen (secondary N) is 3. The Morgan fingerprint density at radius 2 is 1.91 bits per heavy atom. The van der Waals surface area contributed by atoms with Crippen molar-refractivity contribution in [1.29, 1.82) is 0 Å². The number of nitrogens with zero attached hydrogens (tertiary/aromatic N) is 2. The number of alkyl halides is 1. The maximum absolute atomic E-state index is 15.9. The minimum absolute atomic E-state index is 0.00427. The van der Waals surface area contributed by atoms with E-state index in [2.05, 4.69) is 20.5 Å². The van der Waals surface area contributed by atoms with Gasteiger partial charge in [-0.2, -0.15) is 0 Å². The number of H-pyrrole nitrogens is 1. The predicted octanol–water partition coefficient (Wildman–Crippen LogP) is 2.98. The number of rotatable bonds is 3. The Kier molecular flexibility index (Phi) is 5.09. The van der Waals surface area contributed by atoms with Gasteiger partial charge in [0, 0.05) is 57.4 Å². The van der Waals surface area contributed by atoms with Crippen molar-refractivity contribution in [1.82, 2.24) is 20.1 Å². The van der Waals surface area contributed by atoms with Crippen molar-refractivity contribution < 1.29 is 14.0 Å². The Bertz CT molecular complexity index is 1180. The Morgan fingerprint density at radius 3 is 2.69 bits per heavy atom. The average molecular weight is 436 g/mol. The third-order valence-electron chi connectivity index (χ3n) is 6.45. The van der Waals surface area contributed by atoms with Crippen LogP contribution in [0.5, 0.6) is 0 Å². The van der Waals surface area contributed by atoms with Crippen molar-refractivity contribution in [3.05, 3.63) is 65.4 Å². The summed E-state index contributed by atoms with van der Waals surface area (Å²) in [7, 11) is 1.64. The minimum Gasteiger partial charge on any atom is -0.355 e. The van der Waals surface area contributed by atoms with Crippen LogP contribution in [0.4, 0.5) is 14.9 Å². The number of anilines is 1. The summed E-state index contributed by atoms with van der Waals surface area (Å²) >= 11 is 0. The quantitative estimate of drug-likeness (QED) is 0.592. The van der Waals surface area contributed by atoms with Gasteiger partial charge in [-0.25, -0.2) is 9.18 Å². The van der Waals surface area contributed by atoms with Crippen LogP contribution in [-0.2, 0) is 23.4 Å². The van der Waals surface area contributed by atoms with Crippen LogP contribution < -0.4 is 10.6 Å². The number of para-hydroxylation sites is 1. The van der Waals surface area contributed by atoms with Crippen LogP contribution >= 0.6 is 0 Å². The second-order valence-corrected chi connectivity index (χ2v) is 8.51. The van der Waals surface area contributed by atoms with Gasteiger partial charge in [-0.3, -0.25) is 9.69 Å². The molecular weight excluding hydrogens is 409 g/mol. The molecule has 0 bridgehead atoms. The average Bonchev–Trinajstić information content (AvgIpc) is 3.24. The normalized spacial score (nSPS) is 21.3.